The molecular formula is C14H13N3O4. The molecule has 0 spiro atoms. The molecule has 0 saturated heterocycles. The van der Waals surface area contributed by atoms with Crippen molar-refractivity contribution in [1.29, 1.82) is 0 Å². The van der Waals surface area contributed by atoms with E-state index in [4.69, 9.17) is 9.84 Å². The summed E-state index contributed by atoms with van der Waals surface area (Å²) in [6, 6.07) is 5.02. The summed E-state index contributed by atoms with van der Waals surface area (Å²) in [5, 5.41) is 9.03. The molecule has 1 aliphatic rings. The molecule has 2 N–H and O–H groups in total. The third-order valence-electron chi connectivity index (χ3n) is 3.47. The number of aromatic amines is 1. The molecule has 108 valence electrons. The number of carboxylic acids is 1. The molecule has 0 unspecified atom stereocenters. The number of hydrogen-bond donors (Lipinski definition) is 2. The van der Waals surface area contributed by atoms with Crippen LogP contribution < -0.4 is 15.2 Å². The van der Waals surface area contributed by atoms with Crippen LogP contribution in [0.25, 0.3) is 0 Å². The number of ether oxygens (including phenoxy) is 1. The van der Waals surface area contributed by atoms with Gasteiger partial charge in [-0.2, -0.15) is 0 Å². The lowest BCUT2D eigenvalue weighted by Crippen LogP contribution is -2.21. The van der Waals surface area contributed by atoms with Crippen LogP contribution in [-0.4, -0.2) is 28.2 Å². The average molecular weight is 287 g/mol. The van der Waals surface area contributed by atoms with E-state index >= 15 is 0 Å². The predicted molar refractivity (Wildman–Crippen MR) is 74.7 cm³/mol. The Labute approximate surface area is 119 Å². The van der Waals surface area contributed by atoms with Gasteiger partial charge in [-0.3, -0.25) is 4.79 Å². The van der Waals surface area contributed by atoms with Crippen LogP contribution >= 0.6 is 0 Å². The Bertz CT molecular complexity index is 769. The van der Waals surface area contributed by atoms with E-state index in [2.05, 4.69) is 9.97 Å². The molecule has 0 fully saturated rings. The van der Waals surface area contributed by atoms with Crippen LogP contribution in [0.5, 0.6) is 5.75 Å². The Hall–Kier alpha value is -2.83. The maximum absolute atomic E-state index is 11.7. The van der Waals surface area contributed by atoms with Crippen LogP contribution in [0.1, 0.15) is 21.5 Å². The van der Waals surface area contributed by atoms with Crippen molar-refractivity contribution in [3.8, 4) is 5.75 Å². The minimum atomic E-state index is -0.955. The smallest absolute Gasteiger partial charge is 0.335 e. The molecule has 2 aromatic rings. The van der Waals surface area contributed by atoms with E-state index in [9.17, 15) is 9.59 Å². The first-order valence-electron chi connectivity index (χ1n) is 6.32. The summed E-state index contributed by atoms with van der Waals surface area (Å²) >= 11 is 0. The van der Waals surface area contributed by atoms with Crippen molar-refractivity contribution < 1.29 is 14.6 Å². The van der Waals surface area contributed by atoms with Crippen LogP contribution in [-0.2, 0) is 13.1 Å². The number of aromatic carboxylic acids is 1. The zero-order valence-electron chi connectivity index (χ0n) is 11.3. The molecule has 0 aliphatic carbocycles. The molecule has 3 rings (SSSR count). The van der Waals surface area contributed by atoms with Gasteiger partial charge >= 0.3 is 5.97 Å². The van der Waals surface area contributed by atoms with E-state index < -0.39 is 5.97 Å². The second-order valence-corrected chi connectivity index (χ2v) is 4.73. The Morgan fingerprint density at radius 2 is 2.14 bits per heavy atom. The summed E-state index contributed by atoms with van der Waals surface area (Å²) < 4.78 is 5.11. The monoisotopic (exact) mass is 287 g/mol. The lowest BCUT2D eigenvalue weighted by molar-refractivity contribution is 0.0697. The van der Waals surface area contributed by atoms with E-state index in [-0.39, 0.29) is 16.9 Å². The maximum atomic E-state index is 11.7. The number of aromatic nitrogens is 2. The largest absolute Gasteiger partial charge is 0.489 e. The van der Waals surface area contributed by atoms with Gasteiger partial charge in [0.05, 0.1) is 19.0 Å². The number of hydrogen-bond acceptors (Lipinski definition) is 5. The molecule has 1 aromatic heterocycles. The van der Waals surface area contributed by atoms with Crippen molar-refractivity contribution in [2.24, 2.45) is 0 Å². The van der Waals surface area contributed by atoms with E-state index in [1.807, 2.05) is 4.90 Å². The number of carboxylic acid groups (broad SMARTS) is 1. The highest BCUT2D eigenvalue weighted by molar-refractivity contribution is 5.88. The number of nitrogens with one attached hydrogen (secondary N) is 1. The minimum Gasteiger partial charge on any atom is -0.489 e. The van der Waals surface area contributed by atoms with Gasteiger partial charge in [-0.25, -0.2) is 9.78 Å². The highest BCUT2D eigenvalue weighted by Crippen LogP contribution is 2.31. The zero-order valence-corrected chi connectivity index (χ0v) is 11.3. The SMILES string of the molecule is COc1c(N2Cc3ccc(C(=O)O)cc3C2)nc[nH]c1=O. The number of H-pyrrole nitrogens is 1. The van der Waals surface area contributed by atoms with E-state index in [0.717, 1.165) is 11.1 Å². The van der Waals surface area contributed by atoms with Crippen LogP contribution in [0, 0.1) is 0 Å². The summed E-state index contributed by atoms with van der Waals surface area (Å²) in [5.41, 5.74) is 1.84. The Morgan fingerprint density at radius 3 is 2.86 bits per heavy atom. The fourth-order valence-corrected chi connectivity index (χ4v) is 2.46. The quantitative estimate of drug-likeness (QED) is 0.874. The molecule has 0 atom stereocenters. The first-order valence-corrected chi connectivity index (χ1v) is 6.32. The van der Waals surface area contributed by atoms with Crippen LogP contribution in [0.3, 0.4) is 0 Å². The first kappa shape index (κ1) is 13.2. The van der Waals surface area contributed by atoms with Gasteiger partial charge in [-0.15, -0.1) is 0 Å². The molecule has 7 heteroatoms. The summed E-state index contributed by atoms with van der Waals surface area (Å²) in [5.74, 6) is -0.346. The molecule has 2 heterocycles. The fraction of sp³-hybridized carbons (Fsp3) is 0.214. The lowest BCUT2D eigenvalue weighted by atomic mass is 10.1. The highest BCUT2D eigenvalue weighted by atomic mass is 16.5. The van der Waals surface area contributed by atoms with E-state index in [1.54, 1.807) is 18.2 Å². The van der Waals surface area contributed by atoms with Crippen molar-refractivity contribution in [1.82, 2.24) is 9.97 Å². The van der Waals surface area contributed by atoms with Gasteiger partial charge in [0.2, 0.25) is 5.75 Å². The van der Waals surface area contributed by atoms with Gasteiger partial charge in [-0.1, -0.05) is 6.07 Å². The van der Waals surface area contributed by atoms with Crippen LogP contribution in [0.15, 0.2) is 29.3 Å². The summed E-state index contributed by atoms with van der Waals surface area (Å²) in [6.45, 7) is 1.05. The predicted octanol–water partition coefficient (Wildman–Crippen LogP) is 0.997. The molecule has 7 nitrogen and oxygen atoms in total. The zero-order chi connectivity index (χ0) is 15.0. The fourth-order valence-electron chi connectivity index (χ4n) is 2.46. The van der Waals surface area contributed by atoms with Gasteiger partial charge < -0.3 is 19.7 Å². The highest BCUT2D eigenvalue weighted by Gasteiger charge is 2.24. The van der Waals surface area contributed by atoms with Crippen LogP contribution in [0.2, 0.25) is 0 Å². The third-order valence-corrected chi connectivity index (χ3v) is 3.47. The number of rotatable bonds is 3. The third kappa shape index (κ3) is 2.22. The standard InChI is InChI=1S/C14H13N3O4/c1-21-11-12(15-7-16-13(11)18)17-5-9-3-2-8(14(19)20)4-10(9)6-17/h2-4,7H,5-6H2,1H3,(H,19,20)(H,15,16,18). The van der Waals surface area contributed by atoms with Gasteiger partial charge in [-0.05, 0) is 23.3 Å². The van der Waals surface area contributed by atoms with Gasteiger partial charge in [0.25, 0.3) is 5.56 Å². The molecule has 0 saturated carbocycles. The van der Waals surface area contributed by atoms with Gasteiger partial charge in [0.15, 0.2) is 5.82 Å². The topological polar surface area (TPSA) is 95.5 Å². The summed E-state index contributed by atoms with van der Waals surface area (Å²) in [7, 11) is 1.42. The average Bonchev–Trinajstić information content (AvgIpc) is 2.89. The van der Waals surface area contributed by atoms with Crippen molar-refractivity contribution in [3.63, 3.8) is 0 Å². The van der Waals surface area contributed by atoms with Crippen LogP contribution in [0.4, 0.5) is 5.82 Å². The van der Waals surface area contributed by atoms with Crippen molar-refractivity contribution >= 4 is 11.8 Å². The number of benzene rings is 1. The molecule has 0 bridgehead atoms. The Balaban J connectivity index is 1.97. The van der Waals surface area contributed by atoms with E-state index in [1.165, 1.54) is 13.4 Å². The maximum Gasteiger partial charge on any atom is 0.335 e. The number of carbonyl (C=O) groups is 1. The van der Waals surface area contributed by atoms with Crippen molar-refractivity contribution in [3.05, 3.63) is 51.6 Å². The Kier molecular flexibility index (Phi) is 3.09. The molecular weight excluding hydrogens is 274 g/mol. The molecule has 1 aliphatic heterocycles. The second kappa shape index (κ2) is 4.93. The Morgan fingerprint density at radius 1 is 1.38 bits per heavy atom. The van der Waals surface area contributed by atoms with E-state index in [0.29, 0.717) is 18.9 Å². The molecule has 21 heavy (non-hydrogen) atoms. The molecule has 1 aromatic carbocycles. The lowest BCUT2D eigenvalue weighted by Gasteiger charge is -2.17. The second-order valence-electron chi connectivity index (χ2n) is 4.73. The first-order chi connectivity index (χ1) is 10.1. The number of methoxy groups -OCH3 is 1. The number of anilines is 1. The number of fused-ring (bicyclic) bond motifs is 1. The summed E-state index contributed by atoms with van der Waals surface area (Å²) in [6.07, 6.45) is 1.33. The number of nitrogens with zero attached hydrogens (tertiary/aromatic N) is 2. The molecule has 0 amide bonds. The molecule has 0 radical (unpaired) electrons. The minimum absolute atomic E-state index is 0.156. The normalized spacial score (nSPS) is 13.1. The van der Waals surface area contributed by atoms with Gasteiger partial charge in [0, 0.05) is 13.1 Å². The van der Waals surface area contributed by atoms with Gasteiger partial charge in [0.1, 0.15) is 0 Å². The van der Waals surface area contributed by atoms with Crippen molar-refractivity contribution in [2.45, 2.75) is 13.1 Å². The summed E-state index contributed by atoms with van der Waals surface area (Å²) in [4.78, 5) is 31.2. The van der Waals surface area contributed by atoms with Crippen molar-refractivity contribution in [2.75, 3.05) is 12.0 Å².